The second-order valence-electron chi connectivity index (χ2n) is 10.6. The van der Waals surface area contributed by atoms with Crippen LogP contribution < -0.4 is 4.74 Å². The topological polar surface area (TPSA) is 32.8 Å². The Bertz CT molecular complexity index is 1130. The van der Waals surface area contributed by atoms with Crippen molar-refractivity contribution in [2.45, 2.75) is 58.1 Å². The molecule has 184 valence electrons. The molecule has 2 aliphatic rings. The highest BCUT2D eigenvalue weighted by Crippen LogP contribution is 2.27. The summed E-state index contributed by atoms with van der Waals surface area (Å²) in [6.45, 7) is 8.42. The SMILES string of the molecule is CC(C)N1CCC(Oc2ccc3cc(C(=O)N4CCC(Cc5ccccc5)CC4)ccc3c2)CC1. The van der Waals surface area contributed by atoms with Gasteiger partial charge in [0.25, 0.3) is 5.91 Å². The summed E-state index contributed by atoms with van der Waals surface area (Å²) < 4.78 is 6.32. The summed E-state index contributed by atoms with van der Waals surface area (Å²) in [4.78, 5) is 17.8. The zero-order valence-corrected chi connectivity index (χ0v) is 21.2. The number of benzene rings is 3. The van der Waals surface area contributed by atoms with Crippen LogP contribution >= 0.6 is 0 Å². The van der Waals surface area contributed by atoms with Crippen molar-refractivity contribution in [2.75, 3.05) is 26.2 Å². The van der Waals surface area contributed by atoms with Crippen molar-refractivity contribution in [2.24, 2.45) is 5.92 Å². The summed E-state index contributed by atoms with van der Waals surface area (Å²) in [7, 11) is 0. The first kappa shape index (κ1) is 23.9. The minimum Gasteiger partial charge on any atom is -0.490 e. The third-order valence-corrected chi connectivity index (χ3v) is 7.84. The van der Waals surface area contributed by atoms with E-state index in [4.69, 9.17) is 4.74 Å². The number of nitrogens with zero attached hydrogens (tertiary/aromatic N) is 2. The zero-order valence-electron chi connectivity index (χ0n) is 21.2. The number of hydrogen-bond donors (Lipinski definition) is 0. The van der Waals surface area contributed by atoms with E-state index in [1.54, 1.807) is 0 Å². The van der Waals surface area contributed by atoms with Crippen molar-refractivity contribution >= 4 is 16.7 Å². The molecule has 2 fully saturated rings. The number of likely N-dealkylation sites (tertiary alicyclic amines) is 2. The lowest BCUT2D eigenvalue weighted by Crippen LogP contribution is -2.41. The first-order valence-corrected chi connectivity index (χ1v) is 13.3. The fraction of sp³-hybridized carbons (Fsp3) is 0.452. The number of rotatable bonds is 6. The van der Waals surface area contributed by atoms with E-state index in [2.05, 4.69) is 73.3 Å². The van der Waals surface area contributed by atoms with E-state index >= 15 is 0 Å². The Morgan fingerprint density at radius 1 is 0.857 bits per heavy atom. The number of amides is 1. The summed E-state index contributed by atoms with van der Waals surface area (Å²) in [6.07, 6.45) is 5.70. The van der Waals surface area contributed by atoms with Crippen LogP contribution in [0.2, 0.25) is 0 Å². The van der Waals surface area contributed by atoms with Gasteiger partial charge in [0, 0.05) is 37.8 Å². The second kappa shape index (κ2) is 10.8. The Kier molecular flexibility index (Phi) is 7.38. The lowest BCUT2D eigenvalue weighted by Gasteiger charge is -2.34. The standard InChI is InChI=1S/C31H38N2O2/c1-23(2)32-18-14-29(15-19-32)35-30-11-10-26-21-28(9-8-27(26)22-30)31(34)33-16-12-25(13-17-33)20-24-6-4-3-5-7-24/h3-11,21-23,25,29H,12-20H2,1-2H3. The quantitative estimate of drug-likeness (QED) is 0.431. The van der Waals surface area contributed by atoms with Gasteiger partial charge in [-0.1, -0.05) is 42.5 Å². The molecule has 4 heteroatoms. The van der Waals surface area contributed by atoms with Crippen LogP contribution in [-0.2, 0) is 6.42 Å². The molecule has 4 nitrogen and oxygen atoms in total. The molecule has 0 unspecified atom stereocenters. The average Bonchev–Trinajstić information content (AvgIpc) is 2.89. The Morgan fingerprint density at radius 3 is 2.26 bits per heavy atom. The molecular formula is C31H38N2O2. The summed E-state index contributed by atoms with van der Waals surface area (Å²) >= 11 is 0. The molecule has 3 aromatic carbocycles. The molecule has 0 aliphatic carbocycles. The predicted molar refractivity (Wildman–Crippen MR) is 143 cm³/mol. The van der Waals surface area contributed by atoms with Gasteiger partial charge >= 0.3 is 0 Å². The van der Waals surface area contributed by atoms with E-state index in [1.165, 1.54) is 5.56 Å². The van der Waals surface area contributed by atoms with Crippen molar-refractivity contribution in [3.8, 4) is 5.75 Å². The van der Waals surface area contributed by atoms with Crippen molar-refractivity contribution < 1.29 is 9.53 Å². The van der Waals surface area contributed by atoms with E-state index in [0.717, 1.165) is 80.4 Å². The number of carbonyl (C=O) groups is 1. The van der Waals surface area contributed by atoms with Gasteiger partial charge in [-0.3, -0.25) is 4.79 Å². The van der Waals surface area contributed by atoms with Crippen molar-refractivity contribution in [1.82, 2.24) is 9.80 Å². The van der Waals surface area contributed by atoms with Gasteiger partial charge in [0.2, 0.25) is 0 Å². The minimum absolute atomic E-state index is 0.155. The maximum absolute atomic E-state index is 13.2. The molecule has 0 aromatic heterocycles. The van der Waals surface area contributed by atoms with Gasteiger partial charge in [-0.2, -0.15) is 0 Å². The van der Waals surface area contributed by atoms with Crippen LogP contribution in [0.4, 0.5) is 0 Å². The lowest BCUT2D eigenvalue weighted by molar-refractivity contribution is 0.0690. The Hall–Kier alpha value is -2.85. The molecule has 0 radical (unpaired) electrons. The third-order valence-electron chi connectivity index (χ3n) is 7.84. The van der Waals surface area contributed by atoms with Gasteiger partial charge in [0.1, 0.15) is 11.9 Å². The fourth-order valence-corrected chi connectivity index (χ4v) is 5.60. The molecule has 2 saturated heterocycles. The van der Waals surface area contributed by atoms with Gasteiger partial charge in [-0.15, -0.1) is 0 Å². The molecular weight excluding hydrogens is 432 g/mol. The van der Waals surface area contributed by atoms with E-state index in [-0.39, 0.29) is 12.0 Å². The highest BCUT2D eigenvalue weighted by molar-refractivity contribution is 5.98. The van der Waals surface area contributed by atoms with Crippen molar-refractivity contribution in [3.63, 3.8) is 0 Å². The first-order chi connectivity index (χ1) is 17.0. The van der Waals surface area contributed by atoms with Crippen LogP contribution in [0.1, 0.15) is 55.5 Å². The highest BCUT2D eigenvalue weighted by atomic mass is 16.5. The molecule has 0 atom stereocenters. The number of piperidine rings is 2. The normalized spacial score (nSPS) is 18.3. The third kappa shape index (κ3) is 5.87. The van der Waals surface area contributed by atoms with Gasteiger partial charge in [-0.05, 0) is 92.5 Å². The van der Waals surface area contributed by atoms with E-state index in [0.29, 0.717) is 12.0 Å². The fourth-order valence-electron chi connectivity index (χ4n) is 5.60. The molecule has 5 rings (SSSR count). The van der Waals surface area contributed by atoms with Gasteiger partial charge in [-0.25, -0.2) is 0 Å². The van der Waals surface area contributed by atoms with Crippen LogP contribution in [0.25, 0.3) is 10.8 Å². The Balaban J connectivity index is 1.17. The van der Waals surface area contributed by atoms with Gasteiger partial charge in [0.05, 0.1) is 0 Å². The lowest BCUT2D eigenvalue weighted by atomic mass is 9.90. The van der Waals surface area contributed by atoms with Crippen LogP contribution in [0.5, 0.6) is 5.75 Å². The monoisotopic (exact) mass is 470 g/mol. The van der Waals surface area contributed by atoms with Crippen LogP contribution in [-0.4, -0.2) is 54.0 Å². The first-order valence-electron chi connectivity index (χ1n) is 13.3. The Labute approximate surface area is 209 Å². The molecule has 35 heavy (non-hydrogen) atoms. The van der Waals surface area contributed by atoms with Gasteiger partial charge < -0.3 is 14.5 Å². The average molecular weight is 471 g/mol. The smallest absolute Gasteiger partial charge is 0.253 e. The molecule has 2 aliphatic heterocycles. The summed E-state index contributed by atoms with van der Waals surface area (Å²) in [6, 6.07) is 23.7. The molecule has 0 saturated carbocycles. The number of ether oxygens (including phenoxy) is 1. The minimum atomic E-state index is 0.155. The molecule has 0 N–H and O–H groups in total. The van der Waals surface area contributed by atoms with Crippen LogP contribution in [0.15, 0.2) is 66.7 Å². The summed E-state index contributed by atoms with van der Waals surface area (Å²) in [5.41, 5.74) is 2.19. The highest BCUT2D eigenvalue weighted by Gasteiger charge is 2.24. The number of hydrogen-bond acceptors (Lipinski definition) is 3. The maximum atomic E-state index is 13.2. The molecule has 0 spiro atoms. The van der Waals surface area contributed by atoms with E-state index in [1.807, 2.05) is 17.0 Å². The van der Waals surface area contributed by atoms with Crippen molar-refractivity contribution in [3.05, 3.63) is 77.9 Å². The summed E-state index contributed by atoms with van der Waals surface area (Å²) in [5.74, 6) is 1.75. The Morgan fingerprint density at radius 2 is 1.54 bits per heavy atom. The molecule has 2 heterocycles. The predicted octanol–water partition coefficient (Wildman–Crippen LogP) is 6.19. The van der Waals surface area contributed by atoms with E-state index in [9.17, 15) is 4.79 Å². The van der Waals surface area contributed by atoms with Crippen molar-refractivity contribution in [1.29, 1.82) is 0 Å². The van der Waals surface area contributed by atoms with E-state index < -0.39 is 0 Å². The van der Waals surface area contributed by atoms with Gasteiger partial charge in [0.15, 0.2) is 0 Å². The number of carbonyl (C=O) groups excluding carboxylic acids is 1. The number of fused-ring (bicyclic) bond motifs is 1. The zero-order chi connectivity index (χ0) is 24.2. The molecule has 3 aromatic rings. The molecule has 0 bridgehead atoms. The molecule has 1 amide bonds. The van der Waals surface area contributed by atoms with Crippen LogP contribution in [0.3, 0.4) is 0 Å². The summed E-state index contributed by atoms with van der Waals surface area (Å²) in [5, 5.41) is 2.22. The largest absolute Gasteiger partial charge is 0.490 e. The maximum Gasteiger partial charge on any atom is 0.253 e. The second-order valence-corrected chi connectivity index (χ2v) is 10.6. The van der Waals surface area contributed by atoms with Crippen LogP contribution in [0, 0.1) is 5.92 Å².